The number of hydrogen-bond acceptors (Lipinski definition) is 1. The van der Waals surface area contributed by atoms with Crippen LogP contribution < -0.4 is 5.73 Å². The van der Waals surface area contributed by atoms with Gasteiger partial charge in [-0.15, -0.1) is 0 Å². The molecule has 0 spiro atoms. The fourth-order valence-corrected chi connectivity index (χ4v) is 0.879. The Morgan fingerprint density at radius 1 is 1.71 bits per heavy atom. The van der Waals surface area contributed by atoms with Gasteiger partial charge in [-0.3, -0.25) is 0 Å². The van der Waals surface area contributed by atoms with Gasteiger partial charge >= 0.3 is 0 Å². The van der Waals surface area contributed by atoms with Crippen LogP contribution in [0.5, 0.6) is 0 Å². The molecule has 0 saturated heterocycles. The van der Waals surface area contributed by atoms with Crippen molar-refractivity contribution in [1.82, 2.24) is 0 Å². The van der Waals surface area contributed by atoms with Crippen LogP contribution in [0.3, 0.4) is 0 Å². The first kappa shape index (κ1) is 5.10. The lowest BCUT2D eigenvalue weighted by atomic mass is 10.2. The molecule has 1 atom stereocenters. The number of nitrogens with two attached hydrogens (primary N) is 1. The first-order valence-corrected chi connectivity index (χ1v) is 3.04. The molecule has 1 nitrogen and oxygen atoms in total. The smallest absolute Gasteiger partial charge is 0.00131 e. The molecule has 0 aliphatic heterocycles. The van der Waals surface area contributed by atoms with E-state index in [0.29, 0.717) is 6.04 Å². The Bertz CT molecular complexity index is 55.2. The highest BCUT2D eigenvalue weighted by Gasteiger charge is 2.21. The van der Waals surface area contributed by atoms with Gasteiger partial charge in [0, 0.05) is 6.04 Å². The van der Waals surface area contributed by atoms with Gasteiger partial charge in [-0.2, -0.15) is 0 Å². The predicted molar refractivity (Wildman–Crippen MR) is 31.0 cm³/mol. The molecule has 0 amide bonds. The molecule has 1 rings (SSSR count). The van der Waals surface area contributed by atoms with Crippen molar-refractivity contribution in [2.45, 2.75) is 32.2 Å². The van der Waals surface area contributed by atoms with E-state index in [9.17, 15) is 0 Å². The Kier molecular flexibility index (Phi) is 1.33. The predicted octanol–water partition coefficient (Wildman–Crippen LogP) is 1.13. The third-order valence-corrected chi connectivity index (χ3v) is 1.40. The highest BCUT2D eigenvalue weighted by molar-refractivity contribution is 4.75. The molecule has 0 unspecified atom stereocenters. The standard InChI is InChI=1S/C6H13N/c1-5(7)4-6-2-3-6/h5-6H,2-4,7H2,1H3/t5-/m1/s1. The molecule has 0 aromatic heterocycles. The minimum absolute atomic E-state index is 0.437. The van der Waals surface area contributed by atoms with Crippen LogP contribution in [-0.4, -0.2) is 6.04 Å². The Hall–Kier alpha value is -0.0400. The fraction of sp³-hybridized carbons (Fsp3) is 1.00. The molecule has 7 heavy (non-hydrogen) atoms. The van der Waals surface area contributed by atoms with E-state index >= 15 is 0 Å². The first-order valence-electron chi connectivity index (χ1n) is 3.04. The molecule has 0 radical (unpaired) electrons. The van der Waals surface area contributed by atoms with E-state index in [4.69, 9.17) is 5.73 Å². The van der Waals surface area contributed by atoms with E-state index in [0.717, 1.165) is 5.92 Å². The Morgan fingerprint density at radius 2 is 2.29 bits per heavy atom. The molecule has 0 aromatic carbocycles. The molecule has 1 heteroatoms. The van der Waals surface area contributed by atoms with Crippen molar-refractivity contribution in [3.8, 4) is 0 Å². The van der Waals surface area contributed by atoms with Gasteiger partial charge in [0.15, 0.2) is 0 Å². The van der Waals surface area contributed by atoms with Crippen molar-refractivity contribution < 1.29 is 0 Å². The van der Waals surface area contributed by atoms with Crippen molar-refractivity contribution in [2.75, 3.05) is 0 Å². The minimum atomic E-state index is 0.437. The number of hydrogen-bond donors (Lipinski definition) is 1. The summed E-state index contributed by atoms with van der Waals surface area (Å²) < 4.78 is 0. The van der Waals surface area contributed by atoms with E-state index in [1.807, 2.05) is 0 Å². The third-order valence-electron chi connectivity index (χ3n) is 1.40. The van der Waals surface area contributed by atoms with Crippen LogP contribution in [0.15, 0.2) is 0 Å². The second-order valence-electron chi connectivity index (χ2n) is 2.66. The normalized spacial score (nSPS) is 24.9. The monoisotopic (exact) mass is 99.1 g/mol. The summed E-state index contributed by atoms with van der Waals surface area (Å²) >= 11 is 0. The minimum Gasteiger partial charge on any atom is -0.328 e. The van der Waals surface area contributed by atoms with Crippen LogP contribution >= 0.6 is 0 Å². The Labute approximate surface area is 44.9 Å². The molecule has 0 bridgehead atoms. The third kappa shape index (κ3) is 1.93. The van der Waals surface area contributed by atoms with Gasteiger partial charge < -0.3 is 5.73 Å². The zero-order chi connectivity index (χ0) is 5.28. The number of rotatable bonds is 2. The lowest BCUT2D eigenvalue weighted by molar-refractivity contribution is 0.610. The summed E-state index contributed by atoms with van der Waals surface area (Å²) in [5.74, 6) is 1.000. The molecule has 42 valence electrons. The molecule has 1 aliphatic carbocycles. The van der Waals surface area contributed by atoms with Crippen molar-refractivity contribution in [1.29, 1.82) is 0 Å². The van der Waals surface area contributed by atoms with Crippen molar-refractivity contribution >= 4 is 0 Å². The summed E-state index contributed by atoms with van der Waals surface area (Å²) in [6, 6.07) is 0.437. The first-order chi connectivity index (χ1) is 3.29. The van der Waals surface area contributed by atoms with Gasteiger partial charge in [0.1, 0.15) is 0 Å². The van der Waals surface area contributed by atoms with Gasteiger partial charge in [-0.1, -0.05) is 12.8 Å². The maximum absolute atomic E-state index is 5.53. The van der Waals surface area contributed by atoms with Crippen LogP contribution in [0.1, 0.15) is 26.2 Å². The Morgan fingerprint density at radius 3 is 2.43 bits per heavy atom. The highest BCUT2D eigenvalue weighted by Crippen LogP contribution is 2.32. The van der Waals surface area contributed by atoms with Crippen LogP contribution in [0.25, 0.3) is 0 Å². The average molecular weight is 99.2 g/mol. The van der Waals surface area contributed by atoms with E-state index in [1.54, 1.807) is 0 Å². The van der Waals surface area contributed by atoms with Gasteiger partial charge in [0.05, 0.1) is 0 Å². The zero-order valence-electron chi connectivity index (χ0n) is 4.85. The quantitative estimate of drug-likeness (QED) is 0.552. The van der Waals surface area contributed by atoms with Crippen LogP contribution in [0, 0.1) is 5.92 Å². The largest absolute Gasteiger partial charge is 0.328 e. The average Bonchev–Trinajstić information content (AvgIpc) is 2.17. The lowest BCUT2D eigenvalue weighted by Crippen LogP contribution is -2.14. The molecule has 0 heterocycles. The lowest BCUT2D eigenvalue weighted by Gasteiger charge is -1.98. The second-order valence-corrected chi connectivity index (χ2v) is 2.66. The summed E-state index contributed by atoms with van der Waals surface area (Å²) in [7, 11) is 0. The van der Waals surface area contributed by atoms with Crippen LogP contribution in [0.4, 0.5) is 0 Å². The molecule has 0 aromatic rings. The van der Waals surface area contributed by atoms with Gasteiger partial charge in [0.2, 0.25) is 0 Å². The topological polar surface area (TPSA) is 26.0 Å². The van der Waals surface area contributed by atoms with E-state index in [1.165, 1.54) is 19.3 Å². The maximum atomic E-state index is 5.53. The fourth-order valence-electron chi connectivity index (χ4n) is 0.879. The van der Waals surface area contributed by atoms with E-state index < -0.39 is 0 Å². The summed E-state index contributed by atoms with van der Waals surface area (Å²) in [6.07, 6.45) is 4.11. The van der Waals surface area contributed by atoms with E-state index in [-0.39, 0.29) is 0 Å². The van der Waals surface area contributed by atoms with Gasteiger partial charge in [0.25, 0.3) is 0 Å². The maximum Gasteiger partial charge on any atom is 0.00131 e. The zero-order valence-corrected chi connectivity index (χ0v) is 4.85. The highest BCUT2D eigenvalue weighted by atomic mass is 14.6. The molecule has 2 N–H and O–H groups in total. The SMILES string of the molecule is C[C@@H](N)CC1CC1. The second kappa shape index (κ2) is 1.83. The molecular formula is C6H13N. The summed E-state index contributed by atoms with van der Waals surface area (Å²) in [5.41, 5.74) is 5.53. The van der Waals surface area contributed by atoms with Crippen LogP contribution in [-0.2, 0) is 0 Å². The van der Waals surface area contributed by atoms with Crippen molar-refractivity contribution in [3.63, 3.8) is 0 Å². The summed E-state index contributed by atoms with van der Waals surface area (Å²) in [4.78, 5) is 0. The Balaban J connectivity index is 1.97. The summed E-state index contributed by atoms with van der Waals surface area (Å²) in [5, 5.41) is 0. The summed E-state index contributed by atoms with van der Waals surface area (Å²) in [6.45, 7) is 2.08. The van der Waals surface area contributed by atoms with E-state index in [2.05, 4.69) is 6.92 Å². The molecular weight excluding hydrogens is 86.1 g/mol. The van der Waals surface area contributed by atoms with Gasteiger partial charge in [-0.05, 0) is 19.3 Å². The molecule has 1 fully saturated rings. The molecule has 1 aliphatic rings. The van der Waals surface area contributed by atoms with Crippen molar-refractivity contribution in [3.05, 3.63) is 0 Å². The molecule has 1 saturated carbocycles. The van der Waals surface area contributed by atoms with Gasteiger partial charge in [-0.25, -0.2) is 0 Å². The van der Waals surface area contributed by atoms with Crippen LogP contribution in [0.2, 0.25) is 0 Å². The van der Waals surface area contributed by atoms with Crippen molar-refractivity contribution in [2.24, 2.45) is 11.7 Å².